The van der Waals surface area contributed by atoms with E-state index in [-0.39, 0.29) is 22.2 Å². The van der Waals surface area contributed by atoms with Gasteiger partial charge in [0.05, 0.1) is 0 Å². The highest BCUT2D eigenvalue weighted by Gasteiger charge is 2.54. The van der Waals surface area contributed by atoms with Gasteiger partial charge in [-0.3, -0.25) is 14.5 Å². The molecule has 2 aromatic rings. The molecular formula is C17H18N8O5S3. The number of aromatic nitrogens is 4. The molecule has 2 unspecified atom stereocenters. The zero-order chi connectivity index (χ0) is 23.9. The van der Waals surface area contributed by atoms with Crippen molar-refractivity contribution < 1.29 is 24.7 Å². The van der Waals surface area contributed by atoms with E-state index in [9.17, 15) is 24.7 Å². The summed E-state index contributed by atoms with van der Waals surface area (Å²) < 4.78 is 1.61. The monoisotopic (exact) mass is 510 g/mol. The number of carbonyl (C=O) groups excluding carboxylic acids is 2. The number of nitrogens with two attached hydrogens (primary N) is 1. The summed E-state index contributed by atoms with van der Waals surface area (Å²) in [5.41, 5.74) is 5.71. The second-order valence-corrected chi connectivity index (χ2v) is 9.93. The topological polar surface area (TPSA) is 189 Å². The summed E-state index contributed by atoms with van der Waals surface area (Å²) in [4.78, 5) is 46.7. The second-order valence-electron chi connectivity index (χ2n) is 6.99. The maximum atomic E-state index is 12.8. The van der Waals surface area contributed by atoms with Crippen molar-refractivity contribution in [3.8, 4) is 0 Å². The number of anilines is 1. The van der Waals surface area contributed by atoms with E-state index in [4.69, 9.17) is 5.73 Å². The van der Waals surface area contributed by atoms with Crippen LogP contribution >= 0.6 is 34.9 Å². The number of hydrogen-bond donors (Lipinski definition) is 4. The van der Waals surface area contributed by atoms with Gasteiger partial charge in [0.2, 0.25) is 0 Å². The quantitative estimate of drug-likeness (QED) is 0.128. The lowest BCUT2D eigenvalue weighted by molar-refractivity contribution is -0.150. The fraction of sp³-hybridized carbons (Fsp3) is 0.353. The molecule has 1 saturated heterocycles. The largest absolute Gasteiger partial charge is 0.477 e. The second kappa shape index (κ2) is 9.03. The maximum absolute atomic E-state index is 12.8. The Morgan fingerprint density at radius 2 is 2.18 bits per heavy atom. The number of aliphatic carboxylic acids is 1. The van der Waals surface area contributed by atoms with Crippen LogP contribution < -0.4 is 11.1 Å². The highest BCUT2D eigenvalue weighted by molar-refractivity contribution is 8.01. The molecule has 4 heterocycles. The van der Waals surface area contributed by atoms with Gasteiger partial charge in [0.1, 0.15) is 28.6 Å². The molecule has 2 atom stereocenters. The van der Waals surface area contributed by atoms with E-state index in [1.807, 2.05) is 0 Å². The first kappa shape index (κ1) is 23.1. The molecule has 0 radical (unpaired) electrons. The van der Waals surface area contributed by atoms with E-state index in [2.05, 4.69) is 25.5 Å². The van der Waals surface area contributed by atoms with Gasteiger partial charge in [0.15, 0.2) is 16.0 Å². The molecule has 2 aromatic heterocycles. The minimum Gasteiger partial charge on any atom is -0.477 e. The Morgan fingerprint density at radius 3 is 2.76 bits per heavy atom. The SMILES string of the molecule is Cc1nc(SCC2=C(C(=O)O)N3C(=O)C(NC(=O)/C(=N/O)c4csc(N)n4)C3SC2)n(C)n1. The Hall–Kier alpha value is -3.11. The predicted molar refractivity (Wildman–Crippen MR) is 121 cm³/mol. The number of nitrogen functional groups attached to an aromatic ring is 1. The third-order valence-corrected chi connectivity index (χ3v) is 7.94. The molecule has 5 N–H and O–H groups in total. The third-order valence-electron chi connectivity index (χ3n) is 4.82. The number of hydrogen-bond acceptors (Lipinski definition) is 12. The number of β-lactam (4-membered cyclic amide) rings is 1. The van der Waals surface area contributed by atoms with Gasteiger partial charge >= 0.3 is 5.97 Å². The lowest BCUT2D eigenvalue weighted by Crippen LogP contribution is -2.71. The van der Waals surface area contributed by atoms with Gasteiger partial charge in [0, 0.05) is 23.9 Å². The van der Waals surface area contributed by atoms with Crippen molar-refractivity contribution in [1.82, 2.24) is 30.0 Å². The predicted octanol–water partition coefficient (Wildman–Crippen LogP) is -0.129. The van der Waals surface area contributed by atoms with E-state index in [1.165, 1.54) is 33.8 Å². The number of thioether (sulfide) groups is 2. The molecule has 0 aliphatic carbocycles. The van der Waals surface area contributed by atoms with Gasteiger partial charge in [-0.15, -0.1) is 23.1 Å². The molecule has 0 saturated carbocycles. The lowest BCUT2D eigenvalue weighted by atomic mass is 10.0. The maximum Gasteiger partial charge on any atom is 0.352 e. The van der Waals surface area contributed by atoms with Crippen LogP contribution in [0.25, 0.3) is 0 Å². The summed E-state index contributed by atoms with van der Waals surface area (Å²) in [5, 5.41) is 30.3. The van der Waals surface area contributed by atoms with E-state index in [0.29, 0.717) is 28.1 Å². The van der Waals surface area contributed by atoms with Gasteiger partial charge < -0.3 is 21.4 Å². The summed E-state index contributed by atoms with van der Waals surface area (Å²) in [6.07, 6.45) is 0. The number of aryl methyl sites for hydroxylation is 2. The van der Waals surface area contributed by atoms with Crippen LogP contribution in [-0.4, -0.2) is 81.4 Å². The first-order valence-electron chi connectivity index (χ1n) is 9.36. The summed E-state index contributed by atoms with van der Waals surface area (Å²) in [5.74, 6) is -1.32. The van der Waals surface area contributed by atoms with Crippen molar-refractivity contribution in [2.45, 2.75) is 23.5 Å². The molecule has 0 aromatic carbocycles. The van der Waals surface area contributed by atoms with E-state index < -0.39 is 29.2 Å². The summed E-state index contributed by atoms with van der Waals surface area (Å²) in [7, 11) is 1.75. The van der Waals surface area contributed by atoms with Crippen molar-refractivity contribution in [2.75, 3.05) is 17.2 Å². The highest BCUT2D eigenvalue weighted by Crippen LogP contribution is 2.41. The fourth-order valence-electron chi connectivity index (χ4n) is 3.38. The number of carbonyl (C=O) groups is 3. The number of carboxylic acid groups (broad SMARTS) is 1. The van der Waals surface area contributed by atoms with Crippen LogP contribution in [0.5, 0.6) is 0 Å². The van der Waals surface area contributed by atoms with Gasteiger partial charge in [-0.2, -0.15) is 5.10 Å². The number of nitrogens with one attached hydrogen (secondary N) is 1. The van der Waals surface area contributed by atoms with Crippen LogP contribution in [-0.2, 0) is 21.4 Å². The van der Waals surface area contributed by atoms with Crippen LogP contribution in [0.3, 0.4) is 0 Å². The average Bonchev–Trinajstić information content (AvgIpc) is 3.34. The van der Waals surface area contributed by atoms with Crippen molar-refractivity contribution in [2.24, 2.45) is 12.2 Å². The first-order chi connectivity index (χ1) is 15.7. The van der Waals surface area contributed by atoms with Crippen molar-refractivity contribution in [3.63, 3.8) is 0 Å². The molecule has 0 spiro atoms. The number of fused-ring (bicyclic) bond motifs is 1. The molecule has 16 heteroatoms. The lowest BCUT2D eigenvalue weighted by Gasteiger charge is -2.49. The number of carboxylic acids is 1. The minimum absolute atomic E-state index is 0.0712. The van der Waals surface area contributed by atoms with Crippen molar-refractivity contribution >= 4 is 63.5 Å². The average molecular weight is 511 g/mol. The fourth-order valence-corrected chi connectivity index (χ4v) is 6.37. The Kier molecular flexibility index (Phi) is 6.31. The molecule has 174 valence electrons. The molecule has 1 fully saturated rings. The molecule has 13 nitrogen and oxygen atoms in total. The summed E-state index contributed by atoms with van der Waals surface area (Å²) >= 11 is 3.73. The summed E-state index contributed by atoms with van der Waals surface area (Å²) in [6, 6.07) is -0.972. The number of oxime groups is 1. The molecule has 2 aliphatic rings. The van der Waals surface area contributed by atoms with Gasteiger partial charge in [0.25, 0.3) is 11.8 Å². The minimum atomic E-state index is -1.22. The van der Waals surface area contributed by atoms with Gasteiger partial charge in [-0.1, -0.05) is 16.9 Å². The van der Waals surface area contributed by atoms with E-state index in [0.717, 1.165) is 11.3 Å². The third kappa shape index (κ3) is 4.28. The Labute approximate surface area is 199 Å². The molecule has 2 amide bonds. The molecule has 4 rings (SSSR count). The Morgan fingerprint density at radius 1 is 1.42 bits per heavy atom. The smallest absolute Gasteiger partial charge is 0.352 e. The zero-order valence-corrected chi connectivity index (χ0v) is 19.7. The molecule has 0 bridgehead atoms. The molecule has 33 heavy (non-hydrogen) atoms. The normalized spacial score (nSPS) is 20.5. The standard InChI is InChI=1S/C17H18N8O5S3/c1-6-19-17(24(2)22-6)33-4-7-3-31-14-10(13(27)25(14)11(7)15(28)29)21-12(26)9(23-30)8-5-32-16(18)20-8/h5,10,14,30H,3-4H2,1-2H3,(H2,18,20)(H,21,26)(H,28,29)/b23-9+. The molecular weight excluding hydrogens is 492 g/mol. The Balaban J connectivity index is 1.49. The van der Waals surface area contributed by atoms with Crippen LogP contribution in [0.15, 0.2) is 27.0 Å². The van der Waals surface area contributed by atoms with Crippen molar-refractivity contribution in [3.05, 3.63) is 28.2 Å². The highest BCUT2D eigenvalue weighted by atomic mass is 32.2. The Bertz CT molecular complexity index is 1210. The summed E-state index contributed by atoms with van der Waals surface area (Å²) in [6.45, 7) is 1.76. The van der Waals surface area contributed by atoms with E-state index >= 15 is 0 Å². The van der Waals surface area contributed by atoms with Gasteiger partial charge in [-0.05, 0) is 12.5 Å². The molecule has 2 aliphatic heterocycles. The van der Waals surface area contributed by atoms with Crippen LogP contribution in [0.1, 0.15) is 11.5 Å². The number of thiazole rings is 1. The number of nitrogens with zero attached hydrogens (tertiary/aromatic N) is 6. The number of amides is 2. The first-order valence-corrected chi connectivity index (χ1v) is 12.3. The number of rotatable bonds is 7. The zero-order valence-electron chi connectivity index (χ0n) is 17.3. The van der Waals surface area contributed by atoms with Gasteiger partial charge in [-0.25, -0.2) is 19.4 Å². The van der Waals surface area contributed by atoms with Crippen LogP contribution in [0.4, 0.5) is 5.13 Å². The van der Waals surface area contributed by atoms with Crippen LogP contribution in [0, 0.1) is 6.92 Å². The van der Waals surface area contributed by atoms with Crippen LogP contribution in [0.2, 0.25) is 0 Å². The van der Waals surface area contributed by atoms with Crippen molar-refractivity contribution in [1.29, 1.82) is 0 Å². The van der Waals surface area contributed by atoms with E-state index in [1.54, 1.807) is 18.7 Å².